The zero-order chi connectivity index (χ0) is 24.1. The lowest BCUT2D eigenvalue weighted by Crippen LogP contribution is -2.45. The lowest BCUT2D eigenvalue weighted by atomic mass is 9.56. The van der Waals surface area contributed by atoms with Crippen LogP contribution in [0.15, 0.2) is 48.7 Å². The summed E-state index contributed by atoms with van der Waals surface area (Å²) in [6, 6.07) is 9.00. The number of ether oxygens (including phenoxy) is 1. The highest BCUT2D eigenvalue weighted by molar-refractivity contribution is 5.64. The summed E-state index contributed by atoms with van der Waals surface area (Å²) in [5, 5.41) is 10.9. The summed E-state index contributed by atoms with van der Waals surface area (Å²) in [5.41, 5.74) is 1.27. The van der Waals surface area contributed by atoms with Crippen LogP contribution < -0.4 is 0 Å². The molecule has 34 heavy (non-hydrogen) atoms. The van der Waals surface area contributed by atoms with Gasteiger partial charge in [-0.15, -0.1) is 0 Å². The first kappa shape index (κ1) is 23.6. The van der Waals surface area contributed by atoms with Crippen LogP contribution in [0.5, 0.6) is 0 Å². The molecular weight excluding hydrogens is 439 g/mol. The standard InChI is InChI=1S/C28H32F3NO2/c1-17-26-24(23-9-4-3-6-19(23)15-25(26)27(2,33)34-17)13-12-22-11-10-20(16-32-22)18-7-5-8-21(14-18)28(29,30)31/h5,7-8,10-14,16-17,19,23-26,33H,3-4,6,9,15H2,1-2H3/b13-12+/t17?,19?,23?,24-,25?,26?,27?/m0/s1. The molecule has 1 saturated heterocycles. The number of benzene rings is 1. The van der Waals surface area contributed by atoms with Crippen LogP contribution in [0.3, 0.4) is 0 Å². The van der Waals surface area contributed by atoms with E-state index in [4.69, 9.17) is 4.74 Å². The Hall–Kier alpha value is -2.18. The Labute approximate surface area is 199 Å². The summed E-state index contributed by atoms with van der Waals surface area (Å²) in [6.07, 6.45) is 7.51. The van der Waals surface area contributed by atoms with Crippen molar-refractivity contribution in [3.05, 3.63) is 59.9 Å². The van der Waals surface area contributed by atoms with Crippen molar-refractivity contribution in [3.8, 4) is 11.1 Å². The molecule has 182 valence electrons. The maximum atomic E-state index is 13.1. The van der Waals surface area contributed by atoms with E-state index >= 15 is 0 Å². The van der Waals surface area contributed by atoms with E-state index in [0.717, 1.165) is 24.2 Å². The Morgan fingerprint density at radius 2 is 1.91 bits per heavy atom. The van der Waals surface area contributed by atoms with Crippen LogP contribution in [0.25, 0.3) is 17.2 Å². The van der Waals surface area contributed by atoms with Crippen LogP contribution >= 0.6 is 0 Å². The second-order valence-corrected chi connectivity index (χ2v) is 10.5. The largest absolute Gasteiger partial charge is 0.416 e. The molecule has 1 N–H and O–H groups in total. The van der Waals surface area contributed by atoms with Crippen LogP contribution in [0.4, 0.5) is 13.2 Å². The Kier molecular flexibility index (Phi) is 6.09. The van der Waals surface area contributed by atoms with Crippen LogP contribution in [-0.4, -0.2) is 22.0 Å². The van der Waals surface area contributed by atoms with Gasteiger partial charge >= 0.3 is 6.18 Å². The van der Waals surface area contributed by atoms with Crippen molar-refractivity contribution in [1.29, 1.82) is 0 Å². The number of alkyl halides is 3. The number of aromatic nitrogens is 1. The van der Waals surface area contributed by atoms with Gasteiger partial charge in [0.15, 0.2) is 5.79 Å². The minimum absolute atomic E-state index is 0.00577. The molecule has 2 aliphatic carbocycles. The summed E-state index contributed by atoms with van der Waals surface area (Å²) < 4.78 is 45.2. The first-order valence-corrected chi connectivity index (χ1v) is 12.4. The molecule has 3 aliphatic rings. The van der Waals surface area contributed by atoms with E-state index in [1.807, 2.05) is 25.1 Å². The lowest BCUT2D eigenvalue weighted by molar-refractivity contribution is -0.199. The number of hydrogen-bond donors (Lipinski definition) is 1. The van der Waals surface area contributed by atoms with Crippen molar-refractivity contribution in [1.82, 2.24) is 4.98 Å². The molecule has 6 heteroatoms. The van der Waals surface area contributed by atoms with Gasteiger partial charge in [0.25, 0.3) is 0 Å². The monoisotopic (exact) mass is 471 g/mol. The molecular formula is C28H32F3NO2. The molecule has 6 unspecified atom stereocenters. The van der Waals surface area contributed by atoms with Crippen LogP contribution in [0.1, 0.15) is 57.2 Å². The number of halogens is 3. The van der Waals surface area contributed by atoms with Gasteiger partial charge in [-0.25, -0.2) is 0 Å². The number of nitrogens with zero attached hydrogens (tertiary/aromatic N) is 1. The highest BCUT2D eigenvalue weighted by Crippen LogP contribution is 2.57. The summed E-state index contributed by atoms with van der Waals surface area (Å²) in [7, 11) is 0. The van der Waals surface area contributed by atoms with Gasteiger partial charge in [0.2, 0.25) is 0 Å². The first-order chi connectivity index (χ1) is 16.1. The number of fused-ring (bicyclic) bond motifs is 2. The van der Waals surface area contributed by atoms with Crippen molar-refractivity contribution in [2.45, 2.75) is 64.0 Å². The van der Waals surface area contributed by atoms with E-state index in [-0.39, 0.29) is 17.9 Å². The first-order valence-electron chi connectivity index (χ1n) is 12.4. The highest BCUT2D eigenvalue weighted by atomic mass is 19.4. The number of rotatable bonds is 3. The maximum absolute atomic E-state index is 13.1. The third-order valence-electron chi connectivity index (χ3n) is 8.38. The van der Waals surface area contributed by atoms with Gasteiger partial charge in [-0.05, 0) is 80.2 Å². The van der Waals surface area contributed by atoms with E-state index in [9.17, 15) is 18.3 Å². The van der Waals surface area contributed by atoms with E-state index in [2.05, 4.69) is 18.0 Å². The van der Waals surface area contributed by atoms with Gasteiger partial charge in [0, 0.05) is 17.7 Å². The average molecular weight is 472 g/mol. The summed E-state index contributed by atoms with van der Waals surface area (Å²) >= 11 is 0. The molecule has 3 nitrogen and oxygen atoms in total. The Balaban J connectivity index is 1.38. The molecule has 5 rings (SSSR count). The molecule has 2 heterocycles. The molecule has 0 radical (unpaired) electrons. The predicted octanol–water partition coefficient (Wildman–Crippen LogP) is 6.97. The minimum atomic E-state index is -4.37. The fourth-order valence-electron chi connectivity index (χ4n) is 6.86. The average Bonchev–Trinajstić information content (AvgIpc) is 3.04. The van der Waals surface area contributed by atoms with Gasteiger partial charge in [-0.1, -0.05) is 43.5 Å². The Bertz CT molecular complexity index is 1050. The second kappa shape index (κ2) is 8.80. The number of pyridine rings is 1. The fraction of sp³-hybridized carbons (Fsp3) is 0.536. The Morgan fingerprint density at radius 1 is 1.12 bits per heavy atom. The zero-order valence-electron chi connectivity index (χ0n) is 19.6. The quantitative estimate of drug-likeness (QED) is 0.526. The van der Waals surface area contributed by atoms with E-state index in [1.165, 1.54) is 31.7 Å². The third kappa shape index (κ3) is 4.42. The normalized spacial score (nSPS) is 35.8. The molecule has 0 amide bonds. The molecule has 1 aliphatic heterocycles. The smallest absolute Gasteiger partial charge is 0.365 e. The van der Waals surface area contributed by atoms with Crippen molar-refractivity contribution in [3.63, 3.8) is 0 Å². The van der Waals surface area contributed by atoms with Gasteiger partial charge < -0.3 is 9.84 Å². The van der Waals surface area contributed by atoms with Gasteiger partial charge in [-0.3, -0.25) is 4.98 Å². The van der Waals surface area contributed by atoms with Crippen LogP contribution in [0, 0.1) is 29.6 Å². The molecule has 1 aromatic heterocycles. The summed E-state index contributed by atoms with van der Waals surface area (Å²) in [5.74, 6) is 0.848. The minimum Gasteiger partial charge on any atom is -0.365 e. The van der Waals surface area contributed by atoms with Crippen molar-refractivity contribution in [2.75, 3.05) is 0 Å². The number of aliphatic hydroxyl groups is 1. The molecule has 3 fully saturated rings. The van der Waals surface area contributed by atoms with Crippen molar-refractivity contribution >= 4 is 6.08 Å². The Morgan fingerprint density at radius 3 is 2.65 bits per heavy atom. The molecule has 0 bridgehead atoms. The summed E-state index contributed by atoms with van der Waals surface area (Å²) in [4.78, 5) is 4.52. The van der Waals surface area contributed by atoms with Crippen LogP contribution in [0.2, 0.25) is 0 Å². The zero-order valence-corrected chi connectivity index (χ0v) is 19.6. The molecule has 2 saturated carbocycles. The maximum Gasteiger partial charge on any atom is 0.416 e. The van der Waals surface area contributed by atoms with Gasteiger partial charge in [0.05, 0.1) is 17.4 Å². The van der Waals surface area contributed by atoms with Crippen molar-refractivity contribution < 1.29 is 23.0 Å². The molecule has 1 aromatic carbocycles. The van der Waals surface area contributed by atoms with Gasteiger partial charge in [-0.2, -0.15) is 13.2 Å². The van der Waals surface area contributed by atoms with E-state index in [1.54, 1.807) is 12.3 Å². The van der Waals surface area contributed by atoms with Gasteiger partial charge in [0.1, 0.15) is 0 Å². The molecule has 0 spiro atoms. The van der Waals surface area contributed by atoms with Crippen LogP contribution in [-0.2, 0) is 10.9 Å². The second-order valence-electron chi connectivity index (χ2n) is 10.5. The number of hydrogen-bond acceptors (Lipinski definition) is 3. The SMILES string of the molecule is CC1OC(C)(O)C2CC3CCCCC3[C@H](/C=C/c3ccc(-c4cccc(C(F)(F)F)c4)cn3)C12. The highest BCUT2D eigenvalue weighted by Gasteiger charge is 2.57. The van der Waals surface area contributed by atoms with E-state index < -0.39 is 17.5 Å². The third-order valence-corrected chi connectivity index (χ3v) is 8.38. The lowest BCUT2D eigenvalue weighted by Gasteiger charge is -2.48. The predicted molar refractivity (Wildman–Crippen MR) is 125 cm³/mol. The molecule has 7 atom stereocenters. The van der Waals surface area contributed by atoms with E-state index in [0.29, 0.717) is 28.9 Å². The number of allylic oxidation sites excluding steroid dienone is 1. The topological polar surface area (TPSA) is 42.4 Å². The fourth-order valence-corrected chi connectivity index (χ4v) is 6.86. The molecule has 2 aromatic rings. The summed E-state index contributed by atoms with van der Waals surface area (Å²) in [6.45, 7) is 3.89. The van der Waals surface area contributed by atoms with Crippen molar-refractivity contribution in [2.24, 2.45) is 29.6 Å².